The Bertz CT molecular complexity index is 641. The number of aromatic nitrogens is 2. The molecule has 2 rings (SSSR count). The van der Waals surface area contributed by atoms with Crippen LogP contribution in [-0.4, -0.2) is 15.9 Å². The molecule has 0 aliphatic rings. The summed E-state index contributed by atoms with van der Waals surface area (Å²) >= 11 is 5.92. The molecule has 94 valence electrons. The Morgan fingerprint density at radius 1 is 1.37 bits per heavy atom. The number of aryl methyl sites for hydroxylation is 1. The number of anilines is 1. The molecular formula is C13H9ClN4O. The predicted molar refractivity (Wildman–Crippen MR) is 70.9 cm³/mol. The zero-order valence-electron chi connectivity index (χ0n) is 10.0. The fraction of sp³-hybridized carbons (Fsp3) is 0.0769. The molecule has 2 heterocycles. The summed E-state index contributed by atoms with van der Waals surface area (Å²) in [5.74, 6) is -0.400. The van der Waals surface area contributed by atoms with Crippen molar-refractivity contribution in [1.29, 1.82) is 5.26 Å². The molecule has 2 aromatic heterocycles. The van der Waals surface area contributed by atoms with E-state index in [1.807, 2.05) is 13.0 Å². The third kappa shape index (κ3) is 2.87. The Kier molecular flexibility index (Phi) is 3.74. The second-order valence-corrected chi connectivity index (χ2v) is 4.15. The Morgan fingerprint density at radius 3 is 2.74 bits per heavy atom. The molecule has 2 aromatic rings. The number of halogens is 1. The summed E-state index contributed by atoms with van der Waals surface area (Å²) in [4.78, 5) is 19.8. The van der Waals surface area contributed by atoms with E-state index in [1.165, 1.54) is 18.3 Å². The zero-order chi connectivity index (χ0) is 13.8. The van der Waals surface area contributed by atoms with Gasteiger partial charge in [-0.2, -0.15) is 5.26 Å². The van der Waals surface area contributed by atoms with Crippen LogP contribution in [0.3, 0.4) is 0 Å². The highest BCUT2D eigenvalue weighted by Crippen LogP contribution is 2.23. The van der Waals surface area contributed by atoms with Crippen LogP contribution in [0.1, 0.15) is 21.6 Å². The van der Waals surface area contributed by atoms with Crippen LogP contribution in [0.2, 0.25) is 5.15 Å². The molecule has 0 atom stereocenters. The van der Waals surface area contributed by atoms with Crippen LogP contribution in [0.25, 0.3) is 0 Å². The van der Waals surface area contributed by atoms with Gasteiger partial charge >= 0.3 is 0 Å². The van der Waals surface area contributed by atoms with E-state index in [0.29, 0.717) is 11.3 Å². The smallest absolute Gasteiger partial charge is 0.274 e. The molecule has 0 aliphatic carbocycles. The number of hydrogen-bond acceptors (Lipinski definition) is 4. The highest BCUT2D eigenvalue weighted by Gasteiger charge is 2.12. The number of nitriles is 1. The van der Waals surface area contributed by atoms with Crippen LogP contribution in [0.4, 0.5) is 5.69 Å². The van der Waals surface area contributed by atoms with Crippen molar-refractivity contribution in [3.05, 3.63) is 52.6 Å². The lowest BCUT2D eigenvalue weighted by Gasteiger charge is -2.08. The molecule has 19 heavy (non-hydrogen) atoms. The molecule has 6 heteroatoms. The molecule has 1 N–H and O–H groups in total. The lowest BCUT2D eigenvalue weighted by atomic mass is 10.2. The highest BCUT2D eigenvalue weighted by molar-refractivity contribution is 6.32. The van der Waals surface area contributed by atoms with Gasteiger partial charge in [-0.05, 0) is 30.7 Å². The van der Waals surface area contributed by atoms with Gasteiger partial charge in [0, 0.05) is 12.4 Å². The minimum Gasteiger partial charge on any atom is -0.318 e. The average Bonchev–Trinajstić information content (AvgIpc) is 2.43. The summed E-state index contributed by atoms with van der Waals surface area (Å²) in [5.41, 5.74) is 1.87. The molecule has 5 nitrogen and oxygen atoms in total. The highest BCUT2D eigenvalue weighted by atomic mass is 35.5. The zero-order valence-corrected chi connectivity index (χ0v) is 10.8. The van der Waals surface area contributed by atoms with Crippen LogP contribution < -0.4 is 5.32 Å². The first-order chi connectivity index (χ1) is 9.11. The van der Waals surface area contributed by atoms with E-state index in [9.17, 15) is 4.79 Å². The van der Waals surface area contributed by atoms with E-state index in [0.717, 1.165) is 5.56 Å². The molecule has 0 unspecified atom stereocenters. The van der Waals surface area contributed by atoms with Crippen LogP contribution >= 0.6 is 11.6 Å². The number of carbonyl (C=O) groups excluding carboxylic acids is 1. The normalized spacial score (nSPS) is 9.74. The number of nitrogens with one attached hydrogen (secondary N) is 1. The molecule has 0 spiro atoms. The van der Waals surface area contributed by atoms with Crippen molar-refractivity contribution in [2.75, 3.05) is 5.32 Å². The Labute approximate surface area is 114 Å². The molecule has 0 saturated carbocycles. The summed E-state index contributed by atoms with van der Waals surface area (Å²) < 4.78 is 0. The maximum absolute atomic E-state index is 12.0. The van der Waals surface area contributed by atoms with Gasteiger partial charge in [0.05, 0.1) is 11.3 Å². The molecule has 1 amide bonds. The molecule has 0 aromatic carbocycles. The van der Waals surface area contributed by atoms with Crippen molar-refractivity contribution < 1.29 is 4.79 Å². The number of nitrogens with zero attached hydrogens (tertiary/aromatic N) is 3. The Hall–Kier alpha value is -2.45. The third-order valence-corrected chi connectivity index (χ3v) is 2.76. The molecule has 0 radical (unpaired) electrons. The van der Waals surface area contributed by atoms with Gasteiger partial charge in [0.25, 0.3) is 5.91 Å². The second kappa shape index (κ2) is 5.46. The maximum Gasteiger partial charge on any atom is 0.274 e. The summed E-state index contributed by atoms with van der Waals surface area (Å²) in [6.07, 6.45) is 2.90. The van der Waals surface area contributed by atoms with Crippen molar-refractivity contribution in [3.63, 3.8) is 0 Å². The van der Waals surface area contributed by atoms with Crippen molar-refractivity contribution in [2.24, 2.45) is 0 Å². The topological polar surface area (TPSA) is 78.7 Å². The molecule has 0 aliphatic heterocycles. The molecule has 0 fully saturated rings. The molecule has 0 bridgehead atoms. The van der Waals surface area contributed by atoms with E-state index in [-0.39, 0.29) is 10.8 Å². The van der Waals surface area contributed by atoms with Crippen molar-refractivity contribution >= 4 is 23.2 Å². The number of rotatable bonds is 2. The predicted octanol–water partition coefficient (Wildman–Crippen LogP) is 2.56. The monoisotopic (exact) mass is 272 g/mol. The summed E-state index contributed by atoms with van der Waals surface area (Å²) in [7, 11) is 0. The first kappa shape index (κ1) is 13.0. The lowest BCUT2D eigenvalue weighted by Crippen LogP contribution is -2.15. The second-order valence-electron chi connectivity index (χ2n) is 3.79. The summed E-state index contributed by atoms with van der Waals surface area (Å²) in [6, 6.07) is 6.69. The minimum absolute atomic E-state index is 0.207. The fourth-order valence-corrected chi connectivity index (χ4v) is 1.70. The summed E-state index contributed by atoms with van der Waals surface area (Å²) in [5, 5.41) is 11.5. The maximum atomic E-state index is 12.0. The van der Waals surface area contributed by atoms with Gasteiger partial charge in [0.1, 0.15) is 11.8 Å². The van der Waals surface area contributed by atoms with Crippen LogP contribution in [0.15, 0.2) is 30.6 Å². The van der Waals surface area contributed by atoms with Crippen molar-refractivity contribution in [1.82, 2.24) is 9.97 Å². The van der Waals surface area contributed by atoms with Gasteiger partial charge in [0.2, 0.25) is 0 Å². The quantitative estimate of drug-likeness (QED) is 0.852. The van der Waals surface area contributed by atoms with E-state index in [1.54, 1.807) is 12.3 Å². The Balaban J connectivity index is 2.23. The van der Waals surface area contributed by atoms with Crippen molar-refractivity contribution in [2.45, 2.75) is 6.92 Å². The standard InChI is InChI=1S/C13H9ClN4O/c1-8-4-5-16-12(14)11(8)18-13(19)10-3-2-9(6-15)7-17-10/h2-5,7H,1H3,(H,18,19). The Morgan fingerprint density at radius 2 is 2.16 bits per heavy atom. The van der Waals surface area contributed by atoms with Crippen LogP contribution in [0.5, 0.6) is 0 Å². The summed E-state index contributed by atoms with van der Waals surface area (Å²) in [6.45, 7) is 1.81. The van der Waals surface area contributed by atoms with Crippen LogP contribution in [0, 0.1) is 18.3 Å². The van der Waals surface area contributed by atoms with Crippen LogP contribution in [-0.2, 0) is 0 Å². The van der Waals surface area contributed by atoms with Gasteiger partial charge < -0.3 is 5.32 Å². The number of pyridine rings is 2. The van der Waals surface area contributed by atoms with E-state index in [4.69, 9.17) is 16.9 Å². The van der Waals surface area contributed by atoms with E-state index < -0.39 is 5.91 Å². The lowest BCUT2D eigenvalue weighted by molar-refractivity contribution is 0.102. The minimum atomic E-state index is -0.400. The van der Waals surface area contributed by atoms with Gasteiger partial charge in [-0.3, -0.25) is 4.79 Å². The van der Waals surface area contributed by atoms with Gasteiger partial charge in [-0.25, -0.2) is 9.97 Å². The fourth-order valence-electron chi connectivity index (χ4n) is 1.45. The van der Waals surface area contributed by atoms with Crippen molar-refractivity contribution in [3.8, 4) is 6.07 Å². The van der Waals surface area contributed by atoms with E-state index in [2.05, 4.69) is 15.3 Å². The number of hydrogen-bond donors (Lipinski definition) is 1. The molecular weight excluding hydrogens is 264 g/mol. The largest absolute Gasteiger partial charge is 0.318 e. The molecule has 0 saturated heterocycles. The first-order valence-corrected chi connectivity index (χ1v) is 5.78. The van der Waals surface area contributed by atoms with Gasteiger partial charge in [-0.15, -0.1) is 0 Å². The van der Waals surface area contributed by atoms with Gasteiger partial charge in [-0.1, -0.05) is 11.6 Å². The first-order valence-electron chi connectivity index (χ1n) is 5.40. The number of amides is 1. The SMILES string of the molecule is Cc1ccnc(Cl)c1NC(=O)c1ccc(C#N)cn1. The number of carbonyl (C=O) groups is 1. The average molecular weight is 273 g/mol. The van der Waals surface area contributed by atoms with Gasteiger partial charge in [0.15, 0.2) is 5.15 Å². The third-order valence-electron chi connectivity index (χ3n) is 2.48. The van der Waals surface area contributed by atoms with E-state index >= 15 is 0 Å².